The lowest BCUT2D eigenvalue weighted by Gasteiger charge is -2.29. The second-order valence-corrected chi connectivity index (χ2v) is 5.89. The quantitative estimate of drug-likeness (QED) is 0.747. The molecule has 1 atom stereocenters. The summed E-state index contributed by atoms with van der Waals surface area (Å²) < 4.78 is 5.56. The molecule has 1 unspecified atom stereocenters. The Bertz CT molecular complexity index is 464. The highest BCUT2D eigenvalue weighted by Gasteiger charge is 2.20. The monoisotopic (exact) mass is 343 g/mol. The fourth-order valence-corrected chi connectivity index (χ4v) is 2.40. The van der Waals surface area contributed by atoms with Crippen LogP contribution in [-0.4, -0.2) is 30.3 Å². The molecular formula is C15H22BrNO3. The maximum Gasteiger partial charge on any atom is 0.337 e. The molecule has 0 aliphatic heterocycles. The molecule has 0 radical (unpaired) electrons. The van der Waals surface area contributed by atoms with Crippen LogP contribution in [0.1, 0.15) is 42.6 Å². The molecule has 0 aliphatic carbocycles. The van der Waals surface area contributed by atoms with Gasteiger partial charge >= 0.3 is 5.97 Å². The highest BCUT2D eigenvalue weighted by molar-refractivity contribution is 9.10. The Kier molecular flexibility index (Phi) is 6.65. The molecule has 4 nitrogen and oxygen atoms in total. The fraction of sp³-hybridized carbons (Fsp3) is 0.533. The normalized spacial score (nSPS) is 13.8. The first kappa shape index (κ1) is 17.1. The molecule has 0 saturated carbocycles. The van der Waals surface area contributed by atoms with Crippen molar-refractivity contribution in [3.63, 3.8) is 0 Å². The molecule has 1 rings (SSSR count). The number of nitrogens with one attached hydrogen (secondary N) is 1. The van der Waals surface area contributed by atoms with E-state index in [1.807, 2.05) is 6.07 Å². The highest BCUT2D eigenvalue weighted by atomic mass is 79.9. The summed E-state index contributed by atoms with van der Waals surface area (Å²) >= 11 is 3.48. The third-order valence-electron chi connectivity index (χ3n) is 3.62. The summed E-state index contributed by atoms with van der Waals surface area (Å²) in [5, 5.41) is 12.6. The molecule has 5 heteroatoms. The fourth-order valence-electron chi connectivity index (χ4n) is 1.88. The number of aliphatic hydroxyl groups is 1. The van der Waals surface area contributed by atoms with Crippen LogP contribution in [0.2, 0.25) is 0 Å². The van der Waals surface area contributed by atoms with Gasteiger partial charge in [-0.25, -0.2) is 4.79 Å². The SMILES string of the molecule is CCC(C)(CCO)NCc1ccc(C(=O)OC)cc1Br. The van der Waals surface area contributed by atoms with Gasteiger partial charge in [-0.15, -0.1) is 0 Å². The number of aliphatic hydroxyl groups excluding tert-OH is 1. The average Bonchev–Trinajstić information content (AvgIpc) is 2.45. The molecule has 2 N–H and O–H groups in total. The number of hydrogen-bond acceptors (Lipinski definition) is 4. The van der Waals surface area contributed by atoms with Gasteiger partial charge in [0, 0.05) is 23.2 Å². The average molecular weight is 344 g/mol. The van der Waals surface area contributed by atoms with Crippen LogP contribution in [0.5, 0.6) is 0 Å². The van der Waals surface area contributed by atoms with E-state index in [0.29, 0.717) is 18.5 Å². The predicted octanol–water partition coefficient (Wildman–Crippen LogP) is 2.88. The zero-order valence-corrected chi connectivity index (χ0v) is 13.8. The molecule has 112 valence electrons. The van der Waals surface area contributed by atoms with E-state index >= 15 is 0 Å². The molecule has 0 heterocycles. The number of halogens is 1. The summed E-state index contributed by atoms with van der Waals surface area (Å²) in [6.07, 6.45) is 1.65. The van der Waals surface area contributed by atoms with Crippen LogP contribution in [0.25, 0.3) is 0 Å². The number of methoxy groups -OCH3 is 1. The Morgan fingerprint density at radius 1 is 1.50 bits per heavy atom. The van der Waals surface area contributed by atoms with Gasteiger partial charge in [0.05, 0.1) is 12.7 Å². The summed E-state index contributed by atoms with van der Waals surface area (Å²) in [5.74, 6) is -0.344. The van der Waals surface area contributed by atoms with Crippen LogP contribution >= 0.6 is 15.9 Å². The maximum absolute atomic E-state index is 11.4. The van der Waals surface area contributed by atoms with Crippen molar-refractivity contribution in [2.75, 3.05) is 13.7 Å². The number of carbonyl (C=O) groups is 1. The van der Waals surface area contributed by atoms with E-state index in [1.165, 1.54) is 7.11 Å². The summed E-state index contributed by atoms with van der Waals surface area (Å²) in [6, 6.07) is 5.42. The van der Waals surface area contributed by atoms with Crippen LogP contribution in [0.4, 0.5) is 0 Å². The van der Waals surface area contributed by atoms with Crippen molar-refractivity contribution in [2.45, 2.75) is 38.8 Å². The molecular weight excluding hydrogens is 322 g/mol. The minimum atomic E-state index is -0.344. The largest absolute Gasteiger partial charge is 0.465 e. The number of esters is 1. The first-order valence-electron chi connectivity index (χ1n) is 6.68. The van der Waals surface area contributed by atoms with Crippen molar-refractivity contribution < 1.29 is 14.6 Å². The van der Waals surface area contributed by atoms with Gasteiger partial charge in [0.2, 0.25) is 0 Å². The lowest BCUT2D eigenvalue weighted by Crippen LogP contribution is -2.42. The second-order valence-electron chi connectivity index (χ2n) is 5.04. The van der Waals surface area contributed by atoms with Gasteiger partial charge in [-0.1, -0.05) is 28.9 Å². The molecule has 0 aromatic heterocycles. The van der Waals surface area contributed by atoms with Crippen LogP contribution < -0.4 is 5.32 Å². The lowest BCUT2D eigenvalue weighted by molar-refractivity contribution is 0.0600. The van der Waals surface area contributed by atoms with Crippen LogP contribution in [0, 0.1) is 0 Å². The molecule has 1 aromatic rings. The summed E-state index contributed by atoms with van der Waals surface area (Å²) in [6.45, 7) is 5.03. The molecule has 0 aliphatic rings. The highest BCUT2D eigenvalue weighted by Crippen LogP contribution is 2.21. The molecule has 0 saturated heterocycles. The first-order valence-corrected chi connectivity index (χ1v) is 7.47. The Morgan fingerprint density at radius 3 is 2.70 bits per heavy atom. The van der Waals surface area contributed by atoms with E-state index in [4.69, 9.17) is 9.84 Å². The van der Waals surface area contributed by atoms with Crippen molar-refractivity contribution in [1.82, 2.24) is 5.32 Å². The minimum absolute atomic E-state index is 0.0881. The van der Waals surface area contributed by atoms with E-state index in [-0.39, 0.29) is 18.1 Å². The number of carbonyl (C=O) groups excluding carboxylic acids is 1. The molecule has 0 amide bonds. The van der Waals surface area contributed by atoms with Crippen LogP contribution in [-0.2, 0) is 11.3 Å². The topological polar surface area (TPSA) is 58.6 Å². The third-order valence-corrected chi connectivity index (χ3v) is 4.36. The van der Waals surface area contributed by atoms with Gasteiger partial charge in [-0.05, 0) is 37.5 Å². The number of hydrogen-bond donors (Lipinski definition) is 2. The van der Waals surface area contributed by atoms with Crippen molar-refractivity contribution in [3.05, 3.63) is 33.8 Å². The zero-order valence-electron chi connectivity index (χ0n) is 12.2. The van der Waals surface area contributed by atoms with Gasteiger partial charge in [0.1, 0.15) is 0 Å². The van der Waals surface area contributed by atoms with E-state index in [2.05, 4.69) is 35.1 Å². The Hall–Kier alpha value is -0.910. The van der Waals surface area contributed by atoms with E-state index < -0.39 is 0 Å². The van der Waals surface area contributed by atoms with Gasteiger partial charge in [-0.3, -0.25) is 0 Å². The second kappa shape index (κ2) is 7.76. The van der Waals surface area contributed by atoms with E-state index in [1.54, 1.807) is 12.1 Å². The number of benzene rings is 1. The number of ether oxygens (including phenoxy) is 1. The number of rotatable bonds is 7. The van der Waals surface area contributed by atoms with Crippen LogP contribution in [0.3, 0.4) is 0 Å². The minimum Gasteiger partial charge on any atom is -0.465 e. The van der Waals surface area contributed by atoms with E-state index in [0.717, 1.165) is 16.5 Å². The molecule has 0 spiro atoms. The summed E-state index contributed by atoms with van der Waals surface area (Å²) in [4.78, 5) is 11.4. The van der Waals surface area contributed by atoms with Crippen molar-refractivity contribution in [3.8, 4) is 0 Å². The first-order chi connectivity index (χ1) is 9.45. The summed E-state index contributed by atoms with van der Waals surface area (Å²) in [7, 11) is 1.37. The van der Waals surface area contributed by atoms with Crippen molar-refractivity contribution >= 4 is 21.9 Å². The third kappa shape index (κ3) is 4.58. The van der Waals surface area contributed by atoms with Crippen LogP contribution in [0.15, 0.2) is 22.7 Å². The van der Waals surface area contributed by atoms with Gasteiger partial charge in [0.25, 0.3) is 0 Å². The van der Waals surface area contributed by atoms with Crippen molar-refractivity contribution in [2.24, 2.45) is 0 Å². The smallest absolute Gasteiger partial charge is 0.337 e. The molecule has 0 bridgehead atoms. The maximum atomic E-state index is 11.4. The Labute approximate surface area is 128 Å². The molecule has 0 fully saturated rings. The Balaban J connectivity index is 2.76. The Morgan fingerprint density at radius 2 is 2.20 bits per heavy atom. The van der Waals surface area contributed by atoms with Gasteiger partial charge in [0.15, 0.2) is 0 Å². The zero-order chi connectivity index (χ0) is 15.2. The van der Waals surface area contributed by atoms with E-state index in [9.17, 15) is 4.79 Å². The molecule has 1 aromatic carbocycles. The van der Waals surface area contributed by atoms with Gasteiger partial charge in [-0.2, -0.15) is 0 Å². The lowest BCUT2D eigenvalue weighted by atomic mass is 9.94. The van der Waals surface area contributed by atoms with Crippen molar-refractivity contribution in [1.29, 1.82) is 0 Å². The summed E-state index contributed by atoms with van der Waals surface area (Å²) in [5.41, 5.74) is 1.50. The van der Waals surface area contributed by atoms with Gasteiger partial charge < -0.3 is 15.2 Å². The molecule has 20 heavy (non-hydrogen) atoms. The predicted molar refractivity (Wildman–Crippen MR) is 82.7 cm³/mol. The standard InChI is InChI=1S/C15H22BrNO3/c1-4-15(2,7-8-18)17-10-12-6-5-11(9-13(12)16)14(19)20-3/h5-6,9,17-18H,4,7-8,10H2,1-3H3.